The number of pyridine rings is 1. The molecule has 6 heteroatoms. The highest BCUT2D eigenvalue weighted by molar-refractivity contribution is 5.99. The molecule has 0 radical (unpaired) electrons. The van der Waals surface area contributed by atoms with Crippen LogP contribution in [0.1, 0.15) is 29.9 Å². The Bertz CT molecular complexity index is 633. The summed E-state index contributed by atoms with van der Waals surface area (Å²) in [6.07, 6.45) is 1.66. The quantitative estimate of drug-likeness (QED) is 0.776. The Morgan fingerprint density at radius 3 is 2.65 bits per heavy atom. The van der Waals surface area contributed by atoms with E-state index in [1.54, 1.807) is 42.8 Å². The lowest BCUT2D eigenvalue weighted by Gasteiger charge is -2.03. The molecule has 0 N–H and O–H groups in total. The van der Waals surface area contributed by atoms with Crippen molar-refractivity contribution >= 4 is 17.5 Å². The van der Waals surface area contributed by atoms with Crippen molar-refractivity contribution < 1.29 is 19.1 Å². The van der Waals surface area contributed by atoms with Crippen molar-refractivity contribution in [2.45, 2.75) is 20.3 Å². The number of aromatic nitrogens is 2. The van der Waals surface area contributed by atoms with Gasteiger partial charge in [0.2, 0.25) is 0 Å². The largest absolute Gasteiger partial charge is 0.466 e. The fourth-order valence-corrected chi connectivity index (χ4v) is 1.95. The number of fused-ring (bicyclic) bond motifs is 1. The van der Waals surface area contributed by atoms with Crippen molar-refractivity contribution in [1.29, 1.82) is 0 Å². The van der Waals surface area contributed by atoms with E-state index < -0.39 is 11.9 Å². The Balaban J connectivity index is 2.44. The number of hydrogen-bond donors (Lipinski definition) is 0. The van der Waals surface area contributed by atoms with Gasteiger partial charge < -0.3 is 9.47 Å². The molecule has 0 aromatic carbocycles. The molecule has 2 aromatic rings. The highest BCUT2D eigenvalue weighted by Crippen LogP contribution is 2.18. The van der Waals surface area contributed by atoms with Crippen LogP contribution >= 0.6 is 0 Å². The molecule has 0 amide bonds. The summed E-state index contributed by atoms with van der Waals surface area (Å²) < 4.78 is 11.5. The van der Waals surface area contributed by atoms with Crippen LogP contribution in [0.5, 0.6) is 0 Å². The van der Waals surface area contributed by atoms with Crippen molar-refractivity contribution in [2.24, 2.45) is 0 Å². The Kier molecular flexibility index (Phi) is 4.34. The Hall–Kier alpha value is -2.37. The molecular weight excluding hydrogens is 260 g/mol. The molecule has 0 atom stereocenters. The van der Waals surface area contributed by atoms with Crippen LogP contribution in [0.15, 0.2) is 24.4 Å². The molecule has 0 fully saturated rings. The maximum Gasteiger partial charge on any atom is 0.342 e. The number of carbonyl (C=O) groups is 2. The zero-order valence-electron chi connectivity index (χ0n) is 11.5. The normalized spacial score (nSPS) is 10.5. The van der Waals surface area contributed by atoms with Gasteiger partial charge in [-0.25, -0.2) is 9.31 Å². The molecule has 106 valence electrons. The molecule has 2 heterocycles. The average molecular weight is 276 g/mol. The summed E-state index contributed by atoms with van der Waals surface area (Å²) in [4.78, 5) is 23.7. The van der Waals surface area contributed by atoms with Crippen molar-refractivity contribution in [3.05, 3.63) is 35.7 Å². The van der Waals surface area contributed by atoms with Gasteiger partial charge in [0.15, 0.2) is 0 Å². The van der Waals surface area contributed by atoms with Gasteiger partial charge >= 0.3 is 11.9 Å². The first-order chi connectivity index (χ1) is 9.67. The second-order valence-corrected chi connectivity index (χ2v) is 4.05. The first-order valence-electron chi connectivity index (χ1n) is 6.46. The highest BCUT2D eigenvalue weighted by Gasteiger charge is 2.22. The fraction of sp³-hybridized carbons (Fsp3) is 0.357. The minimum absolute atomic E-state index is 0.0519. The van der Waals surface area contributed by atoms with E-state index >= 15 is 0 Å². The number of hydrogen-bond acceptors (Lipinski definition) is 5. The Labute approximate surface area is 116 Å². The fourth-order valence-electron chi connectivity index (χ4n) is 1.95. The highest BCUT2D eigenvalue weighted by atomic mass is 16.5. The number of nitrogens with zero attached hydrogens (tertiary/aromatic N) is 2. The summed E-state index contributed by atoms with van der Waals surface area (Å²) in [6.45, 7) is 4.02. The molecule has 0 saturated carbocycles. The summed E-state index contributed by atoms with van der Waals surface area (Å²) >= 11 is 0. The smallest absolute Gasteiger partial charge is 0.342 e. The molecule has 0 aliphatic heterocycles. The predicted octanol–water partition coefficient (Wildman–Crippen LogP) is 1.62. The summed E-state index contributed by atoms with van der Waals surface area (Å²) in [6, 6.07) is 5.35. The van der Waals surface area contributed by atoms with Crippen LogP contribution in [0, 0.1) is 0 Å². The summed E-state index contributed by atoms with van der Waals surface area (Å²) in [5.74, 6) is -0.894. The van der Waals surface area contributed by atoms with Gasteiger partial charge in [0.25, 0.3) is 0 Å². The van der Waals surface area contributed by atoms with E-state index in [-0.39, 0.29) is 13.0 Å². The molecule has 2 aromatic heterocycles. The van der Waals surface area contributed by atoms with Gasteiger partial charge in [-0.15, -0.1) is 0 Å². The van der Waals surface area contributed by atoms with Crippen LogP contribution in [0.2, 0.25) is 0 Å². The minimum Gasteiger partial charge on any atom is -0.466 e. The van der Waals surface area contributed by atoms with Gasteiger partial charge in [-0.1, -0.05) is 6.07 Å². The van der Waals surface area contributed by atoms with Crippen molar-refractivity contribution in [3.8, 4) is 0 Å². The molecule has 6 nitrogen and oxygen atoms in total. The second-order valence-electron chi connectivity index (χ2n) is 4.05. The topological polar surface area (TPSA) is 69.9 Å². The molecule has 0 spiro atoms. The van der Waals surface area contributed by atoms with Crippen LogP contribution in [0.3, 0.4) is 0 Å². The number of rotatable bonds is 5. The van der Waals surface area contributed by atoms with E-state index in [2.05, 4.69) is 5.10 Å². The Morgan fingerprint density at radius 1 is 1.20 bits per heavy atom. The SMILES string of the molecule is CCOC(=O)Cc1nn2ccccc2c1C(=O)OCC. The summed E-state index contributed by atoms with van der Waals surface area (Å²) in [5, 5.41) is 4.25. The molecule has 0 unspecified atom stereocenters. The third-order valence-corrected chi connectivity index (χ3v) is 2.71. The third-order valence-electron chi connectivity index (χ3n) is 2.71. The molecule has 2 rings (SSSR count). The predicted molar refractivity (Wildman–Crippen MR) is 71.5 cm³/mol. The van der Waals surface area contributed by atoms with Crippen molar-refractivity contribution in [2.75, 3.05) is 13.2 Å². The van der Waals surface area contributed by atoms with E-state index in [4.69, 9.17) is 9.47 Å². The van der Waals surface area contributed by atoms with Gasteiger partial charge in [-0.3, -0.25) is 4.79 Å². The Morgan fingerprint density at radius 2 is 1.95 bits per heavy atom. The van der Waals surface area contributed by atoms with Gasteiger partial charge in [-0.05, 0) is 26.0 Å². The summed E-state index contributed by atoms with van der Waals surface area (Å²) in [7, 11) is 0. The first-order valence-corrected chi connectivity index (χ1v) is 6.46. The average Bonchev–Trinajstić information content (AvgIpc) is 2.76. The molecule has 0 bridgehead atoms. The van der Waals surface area contributed by atoms with Gasteiger partial charge in [-0.2, -0.15) is 5.10 Å². The molecule has 0 saturated heterocycles. The van der Waals surface area contributed by atoms with Crippen LogP contribution in [0.4, 0.5) is 0 Å². The lowest BCUT2D eigenvalue weighted by Crippen LogP contribution is -2.12. The molecular formula is C14H16N2O4. The number of ether oxygens (including phenoxy) is 2. The molecule has 0 aliphatic carbocycles. The second kappa shape index (κ2) is 6.18. The number of esters is 2. The number of carbonyl (C=O) groups excluding carboxylic acids is 2. The maximum atomic E-state index is 12.1. The third kappa shape index (κ3) is 2.79. The van der Waals surface area contributed by atoms with Crippen LogP contribution < -0.4 is 0 Å². The zero-order valence-corrected chi connectivity index (χ0v) is 11.5. The van der Waals surface area contributed by atoms with E-state index in [1.807, 2.05) is 0 Å². The van der Waals surface area contributed by atoms with E-state index in [9.17, 15) is 9.59 Å². The van der Waals surface area contributed by atoms with E-state index in [0.29, 0.717) is 23.4 Å². The molecule has 20 heavy (non-hydrogen) atoms. The van der Waals surface area contributed by atoms with Crippen LogP contribution in [0.25, 0.3) is 5.52 Å². The van der Waals surface area contributed by atoms with Gasteiger partial charge in [0, 0.05) is 6.20 Å². The zero-order chi connectivity index (χ0) is 14.5. The van der Waals surface area contributed by atoms with Crippen LogP contribution in [-0.2, 0) is 20.7 Å². The van der Waals surface area contributed by atoms with E-state index in [0.717, 1.165) is 0 Å². The first kappa shape index (κ1) is 14.0. The minimum atomic E-state index is -0.479. The lowest BCUT2D eigenvalue weighted by atomic mass is 10.1. The van der Waals surface area contributed by atoms with Crippen molar-refractivity contribution in [3.63, 3.8) is 0 Å². The monoisotopic (exact) mass is 276 g/mol. The van der Waals surface area contributed by atoms with Crippen LogP contribution in [-0.4, -0.2) is 34.8 Å². The summed E-state index contributed by atoms with van der Waals surface area (Å²) in [5.41, 5.74) is 1.30. The molecule has 0 aliphatic rings. The van der Waals surface area contributed by atoms with Gasteiger partial charge in [0.05, 0.1) is 30.8 Å². The standard InChI is InChI=1S/C14H16N2O4/c1-3-19-12(17)9-10-13(14(18)20-4-2)11-7-5-6-8-16(11)15-10/h5-8H,3-4,9H2,1-2H3. The maximum absolute atomic E-state index is 12.1. The van der Waals surface area contributed by atoms with Gasteiger partial charge in [0.1, 0.15) is 5.56 Å². The van der Waals surface area contributed by atoms with Crippen molar-refractivity contribution in [1.82, 2.24) is 9.61 Å². The van der Waals surface area contributed by atoms with E-state index in [1.165, 1.54) is 0 Å². The lowest BCUT2D eigenvalue weighted by molar-refractivity contribution is -0.142.